The maximum absolute atomic E-state index is 13.0. The van der Waals surface area contributed by atoms with Crippen LogP contribution in [0.5, 0.6) is 0 Å². The molecule has 1 atom stereocenters. The van der Waals surface area contributed by atoms with E-state index in [0.29, 0.717) is 12.5 Å². The predicted molar refractivity (Wildman–Crippen MR) is 103 cm³/mol. The standard InChI is InChI=1S/C21H24N4O/c22-20-21(26)25(14-16-10-6-7-13-23-16)18-12-5-4-11-17(18)19(24-20)15-8-2-1-3-9-15/h4-7,10-13,15,20H,1-3,8-9,14,22H2. The van der Waals surface area contributed by atoms with Gasteiger partial charge in [-0.1, -0.05) is 43.5 Å². The highest BCUT2D eigenvalue weighted by Gasteiger charge is 2.32. The second kappa shape index (κ2) is 7.38. The lowest BCUT2D eigenvalue weighted by Gasteiger charge is -2.26. The molecule has 1 aromatic heterocycles. The van der Waals surface area contributed by atoms with Crippen molar-refractivity contribution in [2.24, 2.45) is 16.6 Å². The van der Waals surface area contributed by atoms with Crippen LogP contribution in [0, 0.1) is 5.92 Å². The Bertz CT molecular complexity index is 812. The molecule has 4 rings (SSSR count). The first kappa shape index (κ1) is 16.9. The van der Waals surface area contributed by atoms with E-state index in [1.807, 2.05) is 36.4 Å². The van der Waals surface area contributed by atoms with Gasteiger partial charge < -0.3 is 10.6 Å². The van der Waals surface area contributed by atoms with Gasteiger partial charge in [0.1, 0.15) is 0 Å². The Balaban J connectivity index is 1.75. The van der Waals surface area contributed by atoms with Gasteiger partial charge in [0.2, 0.25) is 0 Å². The van der Waals surface area contributed by atoms with Gasteiger partial charge in [-0.3, -0.25) is 14.8 Å². The molecule has 2 aliphatic rings. The SMILES string of the molecule is NC1N=C(C2CCCCC2)c2ccccc2N(Cc2ccccn2)C1=O. The lowest BCUT2D eigenvalue weighted by atomic mass is 9.83. The number of benzene rings is 1. The molecule has 2 N–H and O–H groups in total. The number of hydrogen-bond acceptors (Lipinski definition) is 4. The fraction of sp³-hybridized carbons (Fsp3) is 0.381. The number of amides is 1. The zero-order valence-corrected chi connectivity index (χ0v) is 14.8. The number of nitrogens with two attached hydrogens (primary N) is 1. The van der Waals surface area contributed by atoms with Crippen molar-refractivity contribution in [3.05, 3.63) is 59.9 Å². The van der Waals surface area contributed by atoms with E-state index in [0.717, 1.165) is 35.5 Å². The molecular weight excluding hydrogens is 324 g/mol. The Morgan fingerprint density at radius 3 is 2.58 bits per heavy atom. The van der Waals surface area contributed by atoms with Crippen LogP contribution in [0.25, 0.3) is 0 Å². The van der Waals surface area contributed by atoms with Crippen molar-refractivity contribution in [1.82, 2.24) is 4.98 Å². The Labute approximate surface area is 154 Å². The number of pyridine rings is 1. The molecule has 1 unspecified atom stereocenters. The van der Waals surface area contributed by atoms with Gasteiger partial charge in [0.25, 0.3) is 5.91 Å². The van der Waals surface area contributed by atoms with Crippen molar-refractivity contribution in [1.29, 1.82) is 0 Å². The Hall–Kier alpha value is -2.53. The van der Waals surface area contributed by atoms with Crippen LogP contribution in [-0.2, 0) is 11.3 Å². The Morgan fingerprint density at radius 1 is 1.04 bits per heavy atom. The van der Waals surface area contributed by atoms with Gasteiger partial charge >= 0.3 is 0 Å². The molecule has 2 heterocycles. The number of rotatable bonds is 3. The monoisotopic (exact) mass is 348 g/mol. The van der Waals surface area contributed by atoms with E-state index in [1.165, 1.54) is 19.3 Å². The van der Waals surface area contributed by atoms with E-state index in [9.17, 15) is 4.79 Å². The summed E-state index contributed by atoms with van der Waals surface area (Å²) >= 11 is 0. The lowest BCUT2D eigenvalue weighted by molar-refractivity contribution is -0.119. The molecule has 5 nitrogen and oxygen atoms in total. The molecular formula is C21H24N4O. The Morgan fingerprint density at radius 2 is 1.81 bits per heavy atom. The lowest BCUT2D eigenvalue weighted by Crippen LogP contribution is -2.42. The number of hydrogen-bond donors (Lipinski definition) is 1. The van der Waals surface area contributed by atoms with E-state index in [-0.39, 0.29) is 5.91 Å². The van der Waals surface area contributed by atoms with Gasteiger partial charge in [-0.15, -0.1) is 0 Å². The maximum Gasteiger partial charge on any atom is 0.266 e. The topological polar surface area (TPSA) is 71.6 Å². The first-order valence-electron chi connectivity index (χ1n) is 9.38. The van der Waals surface area contributed by atoms with Crippen molar-refractivity contribution in [3.8, 4) is 0 Å². The molecule has 26 heavy (non-hydrogen) atoms. The van der Waals surface area contributed by atoms with Gasteiger partial charge in [0.05, 0.1) is 17.9 Å². The number of para-hydroxylation sites is 1. The van der Waals surface area contributed by atoms with E-state index in [4.69, 9.17) is 10.7 Å². The molecule has 1 aliphatic heterocycles. The van der Waals surface area contributed by atoms with Gasteiger partial charge in [-0.25, -0.2) is 0 Å². The molecule has 5 heteroatoms. The van der Waals surface area contributed by atoms with Crippen LogP contribution in [0.1, 0.15) is 43.4 Å². The zero-order valence-electron chi connectivity index (χ0n) is 14.8. The molecule has 1 fully saturated rings. The average Bonchev–Trinajstić information content (AvgIpc) is 2.80. The van der Waals surface area contributed by atoms with Gasteiger partial charge in [0.15, 0.2) is 6.17 Å². The van der Waals surface area contributed by atoms with Crippen LogP contribution in [0.2, 0.25) is 0 Å². The van der Waals surface area contributed by atoms with Crippen molar-refractivity contribution in [2.45, 2.75) is 44.8 Å². The summed E-state index contributed by atoms with van der Waals surface area (Å²) < 4.78 is 0. The van der Waals surface area contributed by atoms with Crippen LogP contribution in [0.15, 0.2) is 53.7 Å². The van der Waals surface area contributed by atoms with Crippen molar-refractivity contribution < 1.29 is 4.79 Å². The van der Waals surface area contributed by atoms with E-state index < -0.39 is 6.17 Å². The molecule has 1 aliphatic carbocycles. The van der Waals surface area contributed by atoms with Crippen molar-refractivity contribution >= 4 is 17.3 Å². The van der Waals surface area contributed by atoms with Gasteiger partial charge in [-0.2, -0.15) is 0 Å². The highest BCUT2D eigenvalue weighted by Crippen LogP contribution is 2.34. The smallest absolute Gasteiger partial charge is 0.266 e. The number of fused-ring (bicyclic) bond motifs is 1. The number of carbonyl (C=O) groups is 1. The summed E-state index contributed by atoms with van der Waals surface area (Å²) in [5, 5.41) is 0. The van der Waals surface area contributed by atoms with Crippen molar-refractivity contribution in [3.63, 3.8) is 0 Å². The fourth-order valence-corrected chi connectivity index (χ4v) is 4.00. The Kier molecular flexibility index (Phi) is 4.80. The predicted octanol–water partition coefficient (Wildman–Crippen LogP) is 3.28. The van der Waals surface area contributed by atoms with E-state index >= 15 is 0 Å². The normalized spacial score (nSPS) is 21.1. The highest BCUT2D eigenvalue weighted by molar-refractivity contribution is 6.13. The summed E-state index contributed by atoms with van der Waals surface area (Å²) in [5.41, 5.74) is 9.97. The third-order valence-electron chi connectivity index (χ3n) is 5.31. The first-order chi connectivity index (χ1) is 12.7. The molecule has 0 spiro atoms. The van der Waals surface area contributed by atoms with Crippen LogP contribution in [0.4, 0.5) is 5.69 Å². The number of carbonyl (C=O) groups excluding carboxylic acids is 1. The number of aromatic nitrogens is 1. The summed E-state index contributed by atoms with van der Waals surface area (Å²) in [6, 6.07) is 13.8. The van der Waals surface area contributed by atoms with Gasteiger partial charge in [-0.05, 0) is 31.0 Å². The van der Waals surface area contributed by atoms with Crippen molar-refractivity contribution in [2.75, 3.05) is 4.90 Å². The number of nitrogens with zero attached hydrogens (tertiary/aromatic N) is 3. The maximum atomic E-state index is 13.0. The molecule has 2 aromatic rings. The van der Waals surface area contributed by atoms with E-state index in [1.54, 1.807) is 11.1 Å². The van der Waals surface area contributed by atoms with Crippen LogP contribution in [0.3, 0.4) is 0 Å². The summed E-state index contributed by atoms with van der Waals surface area (Å²) in [6.45, 7) is 0.401. The van der Waals surface area contributed by atoms with E-state index in [2.05, 4.69) is 11.1 Å². The summed E-state index contributed by atoms with van der Waals surface area (Å²) in [4.78, 5) is 23.8. The number of aliphatic imine (C=N–C) groups is 1. The number of anilines is 1. The summed E-state index contributed by atoms with van der Waals surface area (Å²) in [6.07, 6.45) is 6.83. The van der Waals surface area contributed by atoms with Crippen LogP contribution in [-0.4, -0.2) is 22.8 Å². The minimum atomic E-state index is -0.858. The second-order valence-electron chi connectivity index (χ2n) is 7.06. The molecule has 1 aromatic carbocycles. The minimum Gasteiger partial charge on any atom is -0.303 e. The quantitative estimate of drug-likeness (QED) is 0.925. The zero-order chi connectivity index (χ0) is 17.9. The molecule has 0 bridgehead atoms. The van der Waals surface area contributed by atoms with Gasteiger partial charge in [0, 0.05) is 23.4 Å². The second-order valence-corrected chi connectivity index (χ2v) is 7.06. The summed E-state index contributed by atoms with van der Waals surface area (Å²) in [5.74, 6) is 0.215. The third kappa shape index (κ3) is 3.27. The third-order valence-corrected chi connectivity index (χ3v) is 5.31. The molecule has 1 saturated carbocycles. The summed E-state index contributed by atoms with van der Waals surface area (Å²) in [7, 11) is 0. The van der Waals surface area contributed by atoms with Crippen LogP contribution >= 0.6 is 0 Å². The number of benzodiazepines with no additional fused rings is 1. The minimum absolute atomic E-state index is 0.172. The average molecular weight is 348 g/mol. The molecule has 134 valence electrons. The first-order valence-corrected chi connectivity index (χ1v) is 9.38. The highest BCUT2D eigenvalue weighted by atomic mass is 16.2. The molecule has 0 saturated heterocycles. The largest absolute Gasteiger partial charge is 0.303 e. The fourth-order valence-electron chi connectivity index (χ4n) is 4.00. The van der Waals surface area contributed by atoms with Crippen LogP contribution < -0.4 is 10.6 Å². The molecule has 0 radical (unpaired) electrons. The molecule has 1 amide bonds.